The topological polar surface area (TPSA) is 63.8 Å². The van der Waals surface area contributed by atoms with Gasteiger partial charge in [-0.25, -0.2) is 0 Å². The van der Waals surface area contributed by atoms with Crippen molar-refractivity contribution in [1.82, 2.24) is 15.6 Å². The third-order valence-corrected chi connectivity index (χ3v) is 1.61. The summed E-state index contributed by atoms with van der Waals surface area (Å²) in [6, 6.07) is 1.96. The van der Waals surface area contributed by atoms with Gasteiger partial charge in [-0.15, -0.1) is 6.58 Å². The first-order valence-corrected chi connectivity index (χ1v) is 3.72. The minimum atomic E-state index is 0.0815. The van der Waals surface area contributed by atoms with Crippen LogP contribution in [0.5, 0.6) is 0 Å². The zero-order valence-electron chi connectivity index (χ0n) is 6.77. The summed E-state index contributed by atoms with van der Waals surface area (Å²) >= 11 is 0. The Morgan fingerprint density at radius 3 is 3.00 bits per heavy atom. The fourth-order valence-corrected chi connectivity index (χ4v) is 0.974. The molecule has 3 N–H and O–H groups in total. The summed E-state index contributed by atoms with van der Waals surface area (Å²) in [6.45, 7) is 3.64. The molecule has 0 saturated heterocycles. The van der Waals surface area contributed by atoms with Crippen molar-refractivity contribution >= 4 is 0 Å². The van der Waals surface area contributed by atoms with Crippen molar-refractivity contribution in [3.63, 3.8) is 0 Å². The molecule has 0 amide bonds. The van der Waals surface area contributed by atoms with Crippen LogP contribution in [-0.4, -0.2) is 10.2 Å². The molecule has 12 heavy (non-hydrogen) atoms. The second-order valence-corrected chi connectivity index (χ2v) is 2.42. The highest BCUT2D eigenvalue weighted by molar-refractivity contribution is 5.12. The third-order valence-electron chi connectivity index (χ3n) is 1.61. The van der Waals surface area contributed by atoms with Gasteiger partial charge in [0, 0.05) is 6.20 Å². The zero-order valence-corrected chi connectivity index (χ0v) is 6.77. The van der Waals surface area contributed by atoms with E-state index in [1.807, 2.05) is 12.1 Å². The second kappa shape index (κ2) is 4.58. The van der Waals surface area contributed by atoms with Gasteiger partial charge < -0.3 is 0 Å². The van der Waals surface area contributed by atoms with Crippen LogP contribution in [-0.2, 0) is 0 Å². The molecule has 1 heterocycles. The van der Waals surface area contributed by atoms with Crippen LogP contribution in [0.15, 0.2) is 31.1 Å². The number of nitrogens with zero attached hydrogens (tertiary/aromatic N) is 2. The minimum Gasteiger partial charge on any atom is -0.271 e. The Bertz CT molecular complexity index is 234. The third kappa shape index (κ3) is 2.11. The van der Waals surface area contributed by atoms with Crippen LogP contribution in [0.1, 0.15) is 18.0 Å². The Morgan fingerprint density at radius 2 is 2.50 bits per heavy atom. The maximum atomic E-state index is 5.34. The second-order valence-electron chi connectivity index (χ2n) is 2.42. The molecule has 1 atom stereocenters. The molecule has 64 valence electrons. The summed E-state index contributed by atoms with van der Waals surface area (Å²) in [7, 11) is 0. The minimum absolute atomic E-state index is 0.0815. The quantitative estimate of drug-likeness (QED) is 0.387. The first kappa shape index (κ1) is 8.83. The lowest BCUT2D eigenvalue weighted by Gasteiger charge is -2.12. The summed E-state index contributed by atoms with van der Waals surface area (Å²) in [4.78, 5) is 0. The van der Waals surface area contributed by atoms with E-state index in [1.165, 1.54) is 0 Å². The fourth-order valence-electron chi connectivity index (χ4n) is 0.974. The Hall–Kier alpha value is -1.26. The molecule has 1 aromatic rings. The van der Waals surface area contributed by atoms with Crippen molar-refractivity contribution in [1.29, 1.82) is 0 Å². The number of hydrogen-bond donors (Lipinski definition) is 2. The molecule has 0 aliphatic carbocycles. The number of aromatic nitrogens is 2. The SMILES string of the molecule is C=CCC(NN)c1ccnnc1. The first-order valence-electron chi connectivity index (χ1n) is 3.72. The Labute approximate surface area is 71.5 Å². The Kier molecular flexibility index (Phi) is 3.37. The van der Waals surface area contributed by atoms with Gasteiger partial charge >= 0.3 is 0 Å². The van der Waals surface area contributed by atoms with E-state index >= 15 is 0 Å². The first-order chi connectivity index (χ1) is 5.88. The van der Waals surface area contributed by atoms with Gasteiger partial charge in [-0.05, 0) is 18.1 Å². The van der Waals surface area contributed by atoms with Crippen LogP contribution >= 0.6 is 0 Å². The van der Waals surface area contributed by atoms with E-state index in [9.17, 15) is 0 Å². The molecule has 0 aromatic carbocycles. The number of nitrogens with two attached hydrogens (primary N) is 1. The van der Waals surface area contributed by atoms with E-state index in [1.54, 1.807) is 12.4 Å². The Morgan fingerprint density at radius 1 is 1.67 bits per heavy atom. The van der Waals surface area contributed by atoms with Gasteiger partial charge in [0.1, 0.15) is 0 Å². The summed E-state index contributed by atoms with van der Waals surface area (Å²) in [6.07, 6.45) is 5.92. The highest BCUT2D eigenvalue weighted by Gasteiger charge is 2.06. The number of hydrazine groups is 1. The molecule has 0 radical (unpaired) electrons. The molecule has 1 aromatic heterocycles. The molecule has 4 heteroatoms. The molecular weight excluding hydrogens is 152 g/mol. The van der Waals surface area contributed by atoms with Crippen LogP contribution < -0.4 is 11.3 Å². The molecule has 0 aliphatic heterocycles. The smallest absolute Gasteiger partial charge is 0.0544 e. The number of nitrogens with one attached hydrogen (secondary N) is 1. The van der Waals surface area contributed by atoms with Crippen LogP contribution in [0.2, 0.25) is 0 Å². The lowest BCUT2D eigenvalue weighted by molar-refractivity contribution is 0.558. The van der Waals surface area contributed by atoms with Crippen molar-refractivity contribution in [2.45, 2.75) is 12.5 Å². The summed E-state index contributed by atoms with van der Waals surface area (Å²) in [5, 5.41) is 7.43. The predicted molar refractivity (Wildman–Crippen MR) is 46.9 cm³/mol. The van der Waals surface area contributed by atoms with Crippen LogP contribution in [0.4, 0.5) is 0 Å². The lowest BCUT2D eigenvalue weighted by Crippen LogP contribution is -2.27. The van der Waals surface area contributed by atoms with Gasteiger partial charge in [-0.2, -0.15) is 10.2 Å². The van der Waals surface area contributed by atoms with Gasteiger partial charge in [0.05, 0.1) is 12.2 Å². The number of hydrogen-bond acceptors (Lipinski definition) is 4. The van der Waals surface area contributed by atoms with Crippen molar-refractivity contribution in [2.24, 2.45) is 5.84 Å². The fraction of sp³-hybridized carbons (Fsp3) is 0.250. The van der Waals surface area contributed by atoms with Crippen molar-refractivity contribution in [3.8, 4) is 0 Å². The highest BCUT2D eigenvalue weighted by Crippen LogP contribution is 2.13. The van der Waals surface area contributed by atoms with Gasteiger partial charge in [-0.3, -0.25) is 11.3 Å². The molecule has 0 saturated carbocycles. The van der Waals surface area contributed by atoms with Crippen molar-refractivity contribution in [2.75, 3.05) is 0 Å². The number of rotatable bonds is 4. The van der Waals surface area contributed by atoms with Gasteiger partial charge in [-0.1, -0.05) is 6.08 Å². The van der Waals surface area contributed by atoms with Gasteiger partial charge in [0.15, 0.2) is 0 Å². The monoisotopic (exact) mass is 164 g/mol. The normalized spacial score (nSPS) is 12.4. The molecule has 1 unspecified atom stereocenters. The predicted octanol–water partition coefficient (Wildman–Crippen LogP) is 0.557. The maximum Gasteiger partial charge on any atom is 0.0544 e. The van der Waals surface area contributed by atoms with Gasteiger partial charge in [0.25, 0.3) is 0 Å². The van der Waals surface area contributed by atoms with E-state index in [0.29, 0.717) is 0 Å². The molecule has 0 spiro atoms. The standard InChI is InChI=1S/C8H12N4/c1-2-3-8(12-9)7-4-5-10-11-6-7/h2,4-6,8,12H,1,3,9H2. The van der Waals surface area contributed by atoms with Crippen molar-refractivity contribution in [3.05, 3.63) is 36.7 Å². The molecule has 4 nitrogen and oxygen atoms in total. The van der Waals surface area contributed by atoms with Crippen LogP contribution in [0.25, 0.3) is 0 Å². The largest absolute Gasteiger partial charge is 0.271 e. The van der Waals surface area contributed by atoms with Gasteiger partial charge in [0.2, 0.25) is 0 Å². The van der Waals surface area contributed by atoms with Crippen LogP contribution in [0.3, 0.4) is 0 Å². The summed E-state index contributed by atoms with van der Waals surface area (Å²) < 4.78 is 0. The summed E-state index contributed by atoms with van der Waals surface area (Å²) in [5.74, 6) is 5.34. The maximum absolute atomic E-state index is 5.34. The van der Waals surface area contributed by atoms with Crippen LogP contribution in [0, 0.1) is 0 Å². The van der Waals surface area contributed by atoms with E-state index in [2.05, 4.69) is 22.2 Å². The van der Waals surface area contributed by atoms with E-state index in [4.69, 9.17) is 5.84 Å². The Balaban J connectivity index is 2.72. The lowest BCUT2D eigenvalue weighted by atomic mass is 10.1. The van der Waals surface area contributed by atoms with E-state index in [0.717, 1.165) is 12.0 Å². The molecule has 0 bridgehead atoms. The molecule has 1 rings (SSSR count). The highest BCUT2D eigenvalue weighted by atomic mass is 15.2. The average molecular weight is 164 g/mol. The molecule has 0 fully saturated rings. The van der Waals surface area contributed by atoms with E-state index in [-0.39, 0.29) is 6.04 Å². The van der Waals surface area contributed by atoms with E-state index < -0.39 is 0 Å². The average Bonchev–Trinajstić information content (AvgIpc) is 2.15. The zero-order chi connectivity index (χ0) is 8.81. The molecule has 0 aliphatic rings. The molecular formula is C8H12N4. The summed E-state index contributed by atoms with van der Waals surface area (Å²) in [5.41, 5.74) is 3.70. The van der Waals surface area contributed by atoms with Crippen molar-refractivity contribution < 1.29 is 0 Å².